The van der Waals surface area contributed by atoms with Gasteiger partial charge >= 0.3 is 0 Å². The van der Waals surface area contributed by atoms with Crippen molar-refractivity contribution in [3.63, 3.8) is 0 Å². The van der Waals surface area contributed by atoms with Crippen LogP contribution in [0.5, 0.6) is 0 Å². The maximum absolute atomic E-state index is 12.8. The van der Waals surface area contributed by atoms with Crippen LogP contribution in [0.25, 0.3) is 0 Å². The van der Waals surface area contributed by atoms with Crippen molar-refractivity contribution in [1.82, 2.24) is 5.32 Å². The second kappa shape index (κ2) is 9.77. The van der Waals surface area contributed by atoms with E-state index in [1.54, 1.807) is 23.1 Å². The van der Waals surface area contributed by atoms with Gasteiger partial charge in [0.15, 0.2) is 0 Å². The number of nitrogens with one attached hydrogen (secondary N) is 2. The van der Waals surface area contributed by atoms with Crippen LogP contribution in [-0.2, 0) is 9.59 Å². The fourth-order valence-electron chi connectivity index (χ4n) is 4.42. The molecule has 2 aromatic carbocycles. The normalized spacial score (nSPS) is 19.7. The third kappa shape index (κ3) is 5.32. The monoisotopic (exact) mass is 419 g/mol. The Balaban J connectivity index is 1.40. The van der Waals surface area contributed by atoms with E-state index in [1.165, 1.54) is 12.8 Å². The first-order valence-corrected chi connectivity index (χ1v) is 11.2. The molecule has 1 aliphatic carbocycles. The van der Waals surface area contributed by atoms with Gasteiger partial charge in [0.1, 0.15) is 0 Å². The van der Waals surface area contributed by atoms with Gasteiger partial charge in [0, 0.05) is 35.9 Å². The van der Waals surface area contributed by atoms with Crippen LogP contribution in [0, 0.1) is 5.92 Å². The first-order chi connectivity index (χ1) is 15.1. The molecule has 3 amide bonds. The van der Waals surface area contributed by atoms with Crippen LogP contribution in [0.15, 0.2) is 54.6 Å². The molecule has 4 rings (SSSR count). The molecule has 1 heterocycles. The third-order valence-electron chi connectivity index (χ3n) is 6.15. The van der Waals surface area contributed by atoms with E-state index in [9.17, 15) is 14.4 Å². The molecular formula is C25H29N3O3. The Labute approximate surface area is 183 Å². The van der Waals surface area contributed by atoms with E-state index in [0.29, 0.717) is 23.5 Å². The molecule has 0 aromatic heterocycles. The van der Waals surface area contributed by atoms with E-state index in [1.807, 2.05) is 36.4 Å². The van der Waals surface area contributed by atoms with E-state index in [-0.39, 0.29) is 36.1 Å². The number of benzene rings is 2. The molecule has 162 valence electrons. The lowest BCUT2D eigenvalue weighted by molar-refractivity contribution is -0.127. The molecule has 1 aliphatic heterocycles. The Bertz CT molecular complexity index is 936. The number of hydrogen-bond acceptors (Lipinski definition) is 3. The molecule has 6 nitrogen and oxygen atoms in total. The number of carbonyl (C=O) groups excluding carboxylic acids is 3. The van der Waals surface area contributed by atoms with E-state index in [0.717, 1.165) is 25.7 Å². The van der Waals surface area contributed by atoms with Gasteiger partial charge in [0.05, 0.1) is 5.92 Å². The largest absolute Gasteiger partial charge is 0.353 e. The van der Waals surface area contributed by atoms with Gasteiger partial charge in [-0.25, -0.2) is 0 Å². The summed E-state index contributed by atoms with van der Waals surface area (Å²) in [7, 11) is 0. The average Bonchev–Trinajstić information content (AvgIpc) is 3.00. The minimum absolute atomic E-state index is 0.0271. The quantitative estimate of drug-likeness (QED) is 0.715. The van der Waals surface area contributed by atoms with Crippen molar-refractivity contribution in [2.24, 2.45) is 5.92 Å². The van der Waals surface area contributed by atoms with Crippen molar-refractivity contribution in [2.45, 2.75) is 51.0 Å². The molecule has 0 spiro atoms. The fraction of sp³-hybridized carbons (Fsp3) is 0.400. The van der Waals surface area contributed by atoms with Crippen molar-refractivity contribution in [1.29, 1.82) is 0 Å². The number of rotatable bonds is 5. The summed E-state index contributed by atoms with van der Waals surface area (Å²) in [4.78, 5) is 39.7. The Morgan fingerprint density at radius 3 is 2.39 bits per heavy atom. The molecule has 6 heteroatoms. The molecular weight excluding hydrogens is 390 g/mol. The lowest BCUT2D eigenvalue weighted by Gasteiger charge is -2.20. The van der Waals surface area contributed by atoms with Gasteiger partial charge < -0.3 is 15.5 Å². The Kier molecular flexibility index (Phi) is 6.65. The Morgan fingerprint density at radius 1 is 0.903 bits per heavy atom. The van der Waals surface area contributed by atoms with Crippen LogP contribution in [0.1, 0.15) is 55.3 Å². The first-order valence-electron chi connectivity index (χ1n) is 11.2. The molecule has 31 heavy (non-hydrogen) atoms. The molecule has 0 bridgehead atoms. The highest BCUT2D eigenvalue weighted by molar-refractivity contribution is 6.06. The van der Waals surface area contributed by atoms with Gasteiger partial charge in [-0.15, -0.1) is 0 Å². The molecule has 2 aromatic rings. The number of hydrogen-bond donors (Lipinski definition) is 2. The second-order valence-electron chi connectivity index (χ2n) is 8.47. The lowest BCUT2D eigenvalue weighted by atomic mass is 10.0. The van der Waals surface area contributed by atoms with Crippen molar-refractivity contribution in [2.75, 3.05) is 16.8 Å². The third-order valence-corrected chi connectivity index (χ3v) is 6.15. The van der Waals surface area contributed by atoms with Gasteiger partial charge in [-0.1, -0.05) is 49.9 Å². The van der Waals surface area contributed by atoms with Crippen molar-refractivity contribution in [3.8, 4) is 0 Å². The van der Waals surface area contributed by atoms with E-state index < -0.39 is 0 Å². The maximum Gasteiger partial charge on any atom is 0.255 e. The van der Waals surface area contributed by atoms with Crippen LogP contribution in [-0.4, -0.2) is 30.3 Å². The maximum atomic E-state index is 12.8. The molecule has 0 unspecified atom stereocenters. The molecule has 2 aliphatic rings. The fourth-order valence-corrected chi connectivity index (χ4v) is 4.42. The van der Waals surface area contributed by atoms with E-state index in [2.05, 4.69) is 10.6 Å². The SMILES string of the molecule is O=C(Nc1ccccc1)c1cccc(N2C[C@H](C(=O)NC3CCCCCC3)CC2=O)c1. The second-order valence-corrected chi connectivity index (χ2v) is 8.47. The van der Waals surface area contributed by atoms with Gasteiger partial charge in [0.25, 0.3) is 5.91 Å². The average molecular weight is 420 g/mol. The van der Waals surface area contributed by atoms with E-state index in [4.69, 9.17) is 0 Å². The van der Waals surface area contributed by atoms with Gasteiger partial charge in [-0.2, -0.15) is 0 Å². The summed E-state index contributed by atoms with van der Waals surface area (Å²) in [6, 6.07) is 16.5. The predicted octanol–water partition coefficient (Wildman–Crippen LogP) is 4.13. The summed E-state index contributed by atoms with van der Waals surface area (Å²) in [5.74, 6) is -0.692. The zero-order chi connectivity index (χ0) is 21.6. The molecule has 2 N–H and O–H groups in total. The van der Waals surface area contributed by atoms with Crippen molar-refractivity contribution < 1.29 is 14.4 Å². The topological polar surface area (TPSA) is 78.5 Å². The Morgan fingerprint density at radius 2 is 1.65 bits per heavy atom. The summed E-state index contributed by atoms with van der Waals surface area (Å²) in [5, 5.41) is 6.03. The summed E-state index contributed by atoms with van der Waals surface area (Å²) in [6.07, 6.45) is 7.02. The summed E-state index contributed by atoms with van der Waals surface area (Å²) >= 11 is 0. The van der Waals surface area contributed by atoms with Gasteiger partial charge in [0.2, 0.25) is 11.8 Å². The van der Waals surface area contributed by atoms with Crippen LogP contribution in [0.3, 0.4) is 0 Å². The first kappa shape index (κ1) is 21.1. The standard InChI is InChI=1S/C25H29N3O3/c29-23-16-19(25(31)27-21-10-4-1-2-5-11-21)17-28(23)22-14-8-9-18(15-22)24(30)26-20-12-6-3-7-13-20/h3,6-9,12-15,19,21H,1-2,4-5,10-11,16-17H2,(H,26,30)(H,27,31)/t19-/m1/s1. The minimum atomic E-state index is -0.349. The van der Waals surface area contributed by atoms with Crippen LogP contribution in [0.2, 0.25) is 0 Å². The molecule has 1 atom stereocenters. The lowest BCUT2D eigenvalue weighted by Crippen LogP contribution is -2.39. The van der Waals surface area contributed by atoms with Gasteiger partial charge in [-0.05, 0) is 43.2 Å². The number of anilines is 2. The number of carbonyl (C=O) groups is 3. The van der Waals surface area contributed by atoms with Crippen molar-refractivity contribution >= 4 is 29.1 Å². The highest BCUT2D eigenvalue weighted by Gasteiger charge is 2.36. The van der Waals surface area contributed by atoms with E-state index >= 15 is 0 Å². The zero-order valence-corrected chi connectivity index (χ0v) is 17.7. The minimum Gasteiger partial charge on any atom is -0.353 e. The summed E-state index contributed by atoms with van der Waals surface area (Å²) in [6.45, 7) is 0.348. The zero-order valence-electron chi connectivity index (χ0n) is 17.7. The Hall–Kier alpha value is -3.15. The molecule has 1 saturated carbocycles. The van der Waals surface area contributed by atoms with Crippen LogP contribution in [0.4, 0.5) is 11.4 Å². The van der Waals surface area contributed by atoms with Crippen LogP contribution >= 0.6 is 0 Å². The smallest absolute Gasteiger partial charge is 0.255 e. The molecule has 0 radical (unpaired) electrons. The number of amides is 3. The van der Waals surface area contributed by atoms with Crippen molar-refractivity contribution in [3.05, 3.63) is 60.2 Å². The molecule has 2 fully saturated rings. The highest BCUT2D eigenvalue weighted by atomic mass is 16.2. The highest BCUT2D eigenvalue weighted by Crippen LogP contribution is 2.27. The number of para-hydroxylation sites is 1. The number of nitrogens with zero attached hydrogens (tertiary/aromatic N) is 1. The predicted molar refractivity (Wildman–Crippen MR) is 121 cm³/mol. The molecule has 1 saturated heterocycles. The summed E-state index contributed by atoms with van der Waals surface area (Å²) < 4.78 is 0. The van der Waals surface area contributed by atoms with Crippen LogP contribution < -0.4 is 15.5 Å². The summed E-state index contributed by atoms with van der Waals surface area (Å²) in [5.41, 5.74) is 1.83. The van der Waals surface area contributed by atoms with Gasteiger partial charge in [-0.3, -0.25) is 14.4 Å².